The molecule has 2 fully saturated rings. The number of nitrogens with zero attached hydrogens (tertiary/aromatic N) is 1. The van der Waals surface area contributed by atoms with E-state index in [0.717, 1.165) is 31.6 Å². The molecule has 5 nitrogen and oxygen atoms in total. The smallest absolute Gasteiger partial charge is 0.124 e. The third-order valence-corrected chi connectivity index (χ3v) is 14.4. The van der Waals surface area contributed by atoms with Gasteiger partial charge in [0, 0.05) is 29.4 Å². The topological polar surface area (TPSA) is 83.1 Å². The van der Waals surface area contributed by atoms with E-state index in [2.05, 4.69) is 126 Å². The molecule has 13 unspecified atom stereocenters. The van der Waals surface area contributed by atoms with Gasteiger partial charge in [-0.05, 0) is 123 Å². The second-order valence-electron chi connectivity index (χ2n) is 16.9. The number of fused-ring (bicyclic) bond motifs is 9. The maximum Gasteiger partial charge on any atom is 0.124 e. The van der Waals surface area contributed by atoms with Crippen molar-refractivity contribution in [2.45, 2.75) is 88.1 Å². The van der Waals surface area contributed by atoms with E-state index in [1.54, 1.807) is 0 Å². The molecule has 270 valence electrons. The molecule has 1 heterocycles. The van der Waals surface area contributed by atoms with Crippen LogP contribution in [-0.4, -0.2) is 25.0 Å². The highest BCUT2D eigenvalue weighted by molar-refractivity contribution is 5.49. The zero-order chi connectivity index (χ0) is 35.1. The lowest BCUT2D eigenvalue weighted by atomic mass is 9.53. The summed E-state index contributed by atoms with van der Waals surface area (Å²) in [6, 6.07) is 11.4. The van der Waals surface area contributed by atoms with Gasteiger partial charge in [-0.25, -0.2) is 0 Å². The minimum Gasteiger partial charge on any atom is -0.485 e. The van der Waals surface area contributed by atoms with Gasteiger partial charge in [-0.3, -0.25) is 10.6 Å². The molecule has 1 aliphatic heterocycles. The fraction of sp³-hybridized carbons (Fsp3) is 0.511. The number of benzene rings is 1. The van der Waals surface area contributed by atoms with Gasteiger partial charge >= 0.3 is 0 Å². The number of para-hydroxylation sites is 1. The quantitative estimate of drug-likeness (QED) is 0.188. The van der Waals surface area contributed by atoms with Crippen molar-refractivity contribution in [1.82, 2.24) is 10.6 Å². The highest BCUT2D eigenvalue weighted by atomic mass is 16.5. The number of allylic oxidation sites excluding steroid dienone is 11. The van der Waals surface area contributed by atoms with Crippen molar-refractivity contribution < 1.29 is 4.74 Å². The van der Waals surface area contributed by atoms with Gasteiger partial charge < -0.3 is 10.5 Å². The summed E-state index contributed by atoms with van der Waals surface area (Å²) >= 11 is 0. The summed E-state index contributed by atoms with van der Waals surface area (Å²) in [6.07, 6.45) is 44.3. The van der Waals surface area contributed by atoms with E-state index in [0.29, 0.717) is 47.3 Å². The van der Waals surface area contributed by atoms with E-state index >= 15 is 0 Å². The van der Waals surface area contributed by atoms with Crippen molar-refractivity contribution in [3.8, 4) is 11.8 Å². The second kappa shape index (κ2) is 14.6. The Morgan fingerprint density at radius 1 is 0.904 bits per heavy atom. The lowest BCUT2D eigenvalue weighted by Crippen LogP contribution is -2.57. The van der Waals surface area contributed by atoms with Crippen LogP contribution in [0.2, 0.25) is 0 Å². The first-order valence-electron chi connectivity index (χ1n) is 20.5. The lowest BCUT2D eigenvalue weighted by Gasteiger charge is -2.54. The molecule has 0 bridgehead atoms. The van der Waals surface area contributed by atoms with Crippen LogP contribution in [0.25, 0.3) is 0 Å². The molecule has 2 saturated carbocycles. The van der Waals surface area contributed by atoms with E-state index in [1.807, 2.05) is 0 Å². The van der Waals surface area contributed by atoms with Gasteiger partial charge in [-0.1, -0.05) is 97.2 Å². The molecule has 0 aromatic heterocycles. The summed E-state index contributed by atoms with van der Waals surface area (Å²) in [6.45, 7) is 0.956. The summed E-state index contributed by atoms with van der Waals surface area (Å²) in [5, 5.41) is 17.3. The Kier molecular flexibility index (Phi) is 9.59. The van der Waals surface area contributed by atoms with Gasteiger partial charge in [-0.2, -0.15) is 5.26 Å². The van der Waals surface area contributed by atoms with Crippen molar-refractivity contribution in [2.24, 2.45) is 59.0 Å². The summed E-state index contributed by atoms with van der Waals surface area (Å²) in [4.78, 5) is 0. The van der Waals surface area contributed by atoms with E-state index in [-0.39, 0.29) is 29.8 Å². The van der Waals surface area contributed by atoms with Crippen LogP contribution in [0.1, 0.15) is 69.8 Å². The zero-order valence-electron chi connectivity index (χ0n) is 30.5. The molecule has 1 aromatic carbocycles. The third-order valence-electron chi connectivity index (χ3n) is 14.4. The predicted octanol–water partition coefficient (Wildman–Crippen LogP) is 8.73. The first kappa shape index (κ1) is 34.1. The fourth-order valence-electron chi connectivity index (χ4n) is 12.0. The largest absolute Gasteiger partial charge is 0.485 e. The molecular formula is C47H56N4O. The predicted molar refractivity (Wildman–Crippen MR) is 210 cm³/mol. The number of nitrogens with one attached hydrogen (secondary N) is 2. The average molecular weight is 693 g/mol. The van der Waals surface area contributed by atoms with Gasteiger partial charge in [0.1, 0.15) is 11.9 Å². The number of rotatable bonds is 8. The Bertz CT molecular complexity index is 1790. The van der Waals surface area contributed by atoms with Crippen LogP contribution in [0.15, 0.2) is 120 Å². The van der Waals surface area contributed by atoms with Crippen molar-refractivity contribution >= 4 is 0 Å². The molecule has 52 heavy (non-hydrogen) atoms. The summed E-state index contributed by atoms with van der Waals surface area (Å²) in [5.74, 6) is 5.26. The van der Waals surface area contributed by atoms with Gasteiger partial charge in [0.25, 0.3) is 0 Å². The van der Waals surface area contributed by atoms with Crippen LogP contribution in [0, 0.1) is 64.6 Å². The van der Waals surface area contributed by atoms with E-state index in [4.69, 9.17) is 10.5 Å². The van der Waals surface area contributed by atoms with Crippen LogP contribution in [-0.2, 0) is 5.41 Å². The Morgan fingerprint density at radius 3 is 2.63 bits per heavy atom. The van der Waals surface area contributed by atoms with Gasteiger partial charge in [0.2, 0.25) is 0 Å². The maximum absolute atomic E-state index is 9.33. The van der Waals surface area contributed by atoms with Crippen LogP contribution < -0.4 is 21.1 Å². The standard InChI is InChI=1S/C47H56N4O/c48-29-31-18-20-33(21-19-31)34-22-24-35(25-23-34)46(50-30-32-10-2-1-3-11-32)51-45(49)36-26-27-40-38(28-36)37-12-4-5-13-39(37)47(40)41-14-6-8-16-43(41)52-44-17-9-7-15-42(44)47/h2,4,6-10,12,14-18,20-22,24-25,31-32,34,36-41,43,45-46,50-51H,1,3,5,11,13,19,23,26-28,30,49H2. The molecule has 13 atom stereocenters. The monoisotopic (exact) mass is 692 g/mol. The molecule has 9 rings (SSSR count). The lowest BCUT2D eigenvalue weighted by molar-refractivity contribution is 0.0268. The van der Waals surface area contributed by atoms with Crippen LogP contribution in [0.3, 0.4) is 0 Å². The van der Waals surface area contributed by atoms with Gasteiger partial charge in [0.15, 0.2) is 0 Å². The van der Waals surface area contributed by atoms with Crippen molar-refractivity contribution in [1.29, 1.82) is 5.26 Å². The molecule has 0 saturated heterocycles. The summed E-state index contributed by atoms with van der Waals surface area (Å²) in [5.41, 5.74) is 11.5. The highest BCUT2D eigenvalue weighted by Gasteiger charge is 2.66. The SMILES string of the molecule is N#CC1C=CC(C2C=CC(C(NCC3C=CCCC3)NC(N)C3CCC4C(C3)C3C=CCCC3C43c4ccccc4OC4C=CC=CC43)=CC2)=CC1. The van der Waals surface area contributed by atoms with Crippen LogP contribution >= 0.6 is 0 Å². The van der Waals surface area contributed by atoms with E-state index < -0.39 is 0 Å². The Hall–Kier alpha value is -3.69. The van der Waals surface area contributed by atoms with Crippen LogP contribution in [0.4, 0.5) is 0 Å². The van der Waals surface area contributed by atoms with Gasteiger partial charge in [0.05, 0.1) is 24.3 Å². The van der Waals surface area contributed by atoms with E-state index in [1.165, 1.54) is 61.7 Å². The Morgan fingerprint density at radius 2 is 1.81 bits per heavy atom. The fourth-order valence-corrected chi connectivity index (χ4v) is 12.0. The van der Waals surface area contributed by atoms with Gasteiger partial charge in [-0.15, -0.1) is 0 Å². The third kappa shape index (κ3) is 6.05. The number of hydrogen-bond donors (Lipinski definition) is 3. The molecule has 1 spiro atoms. The first-order valence-corrected chi connectivity index (χ1v) is 20.5. The molecule has 7 aliphatic carbocycles. The molecule has 8 aliphatic rings. The number of ether oxygens (including phenoxy) is 1. The molecular weight excluding hydrogens is 637 g/mol. The highest BCUT2D eigenvalue weighted by Crippen LogP contribution is 2.69. The zero-order valence-corrected chi connectivity index (χ0v) is 30.5. The van der Waals surface area contributed by atoms with Crippen molar-refractivity contribution in [2.75, 3.05) is 6.54 Å². The van der Waals surface area contributed by atoms with Crippen molar-refractivity contribution in [3.05, 3.63) is 126 Å². The normalized spacial score (nSPS) is 39.3. The Balaban J connectivity index is 0.953. The molecule has 1 aromatic rings. The summed E-state index contributed by atoms with van der Waals surface area (Å²) in [7, 11) is 0. The van der Waals surface area contributed by atoms with Crippen molar-refractivity contribution in [3.63, 3.8) is 0 Å². The molecule has 0 amide bonds. The maximum atomic E-state index is 9.33. The summed E-state index contributed by atoms with van der Waals surface area (Å²) < 4.78 is 6.73. The second-order valence-corrected chi connectivity index (χ2v) is 16.9. The number of nitriles is 1. The minimum absolute atomic E-state index is 0.00559. The Labute approximate surface area is 311 Å². The van der Waals surface area contributed by atoms with E-state index in [9.17, 15) is 5.26 Å². The number of hydrogen-bond acceptors (Lipinski definition) is 5. The molecule has 4 N–H and O–H groups in total. The molecule has 5 heteroatoms. The molecule has 0 radical (unpaired) electrons. The minimum atomic E-state index is -0.0888. The first-order chi connectivity index (χ1) is 25.6. The van der Waals surface area contributed by atoms with Crippen LogP contribution in [0.5, 0.6) is 5.75 Å². The average Bonchev–Trinajstić information content (AvgIpc) is 3.50. The number of nitrogens with two attached hydrogens (primary N) is 1.